The summed E-state index contributed by atoms with van der Waals surface area (Å²) < 4.78 is 18.5. The van der Waals surface area contributed by atoms with Crippen molar-refractivity contribution in [1.82, 2.24) is 9.80 Å². The summed E-state index contributed by atoms with van der Waals surface area (Å²) in [5.74, 6) is 1.74. The van der Waals surface area contributed by atoms with E-state index in [0.29, 0.717) is 18.4 Å². The molecule has 1 aromatic carbocycles. The van der Waals surface area contributed by atoms with E-state index in [9.17, 15) is 4.39 Å². The van der Waals surface area contributed by atoms with Gasteiger partial charge >= 0.3 is 0 Å². The minimum Gasteiger partial charge on any atom is -0.493 e. The second kappa shape index (κ2) is 17.6. The third-order valence-corrected chi connectivity index (χ3v) is 6.45. The number of aliphatic hydroxyl groups excluding tert-OH is 1. The third-order valence-electron chi connectivity index (χ3n) is 6.45. The molecular weight excluding hydrogens is 427 g/mol. The summed E-state index contributed by atoms with van der Waals surface area (Å²) in [5.41, 5.74) is 0. The number of hydrogen-bond acceptors (Lipinski definition) is 4. The van der Waals surface area contributed by atoms with E-state index in [2.05, 4.69) is 23.6 Å². The Kier molecular flexibility index (Phi) is 16.0. The molecule has 32 heavy (non-hydrogen) atoms. The van der Waals surface area contributed by atoms with Crippen molar-refractivity contribution in [2.75, 3.05) is 52.5 Å². The number of rotatable bonds is 12. The zero-order valence-electron chi connectivity index (χ0n) is 20.3. The second-order valence-corrected chi connectivity index (χ2v) is 9.27. The van der Waals surface area contributed by atoms with Crippen LogP contribution in [0.5, 0.6) is 5.75 Å². The molecule has 2 heterocycles. The molecule has 0 radical (unpaired) electrons. The molecule has 0 amide bonds. The molecule has 2 unspecified atom stereocenters. The summed E-state index contributed by atoms with van der Waals surface area (Å²) in [7, 11) is 0. The van der Waals surface area contributed by atoms with Crippen molar-refractivity contribution < 1.29 is 14.2 Å². The predicted molar refractivity (Wildman–Crippen MR) is 134 cm³/mol. The number of ether oxygens (including phenoxy) is 1. The molecule has 0 aliphatic carbocycles. The van der Waals surface area contributed by atoms with Crippen LogP contribution in [0.1, 0.15) is 65.2 Å². The smallest absolute Gasteiger partial charge is 0.123 e. The minimum absolute atomic E-state index is 0. The maximum atomic E-state index is 12.8. The first-order chi connectivity index (χ1) is 15.1. The van der Waals surface area contributed by atoms with Crippen molar-refractivity contribution in [3.63, 3.8) is 0 Å². The largest absolute Gasteiger partial charge is 0.493 e. The number of nitrogens with zero attached hydrogens (tertiary/aromatic N) is 2. The van der Waals surface area contributed by atoms with Crippen LogP contribution in [0.4, 0.5) is 4.39 Å². The Balaban J connectivity index is 0.000000342. The van der Waals surface area contributed by atoms with Crippen molar-refractivity contribution in [3.8, 4) is 5.75 Å². The molecule has 4 nitrogen and oxygen atoms in total. The summed E-state index contributed by atoms with van der Waals surface area (Å²) >= 11 is 0. The second-order valence-electron chi connectivity index (χ2n) is 9.27. The van der Waals surface area contributed by atoms with Gasteiger partial charge in [0.25, 0.3) is 0 Å². The van der Waals surface area contributed by atoms with Gasteiger partial charge in [-0.2, -0.15) is 0 Å². The molecule has 6 heteroatoms. The van der Waals surface area contributed by atoms with Crippen LogP contribution in [0, 0.1) is 17.7 Å². The van der Waals surface area contributed by atoms with Crippen molar-refractivity contribution in [2.24, 2.45) is 11.8 Å². The Hall–Kier alpha value is -0.880. The predicted octanol–water partition coefficient (Wildman–Crippen LogP) is 5.63. The highest BCUT2D eigenvalue weighted by molar-refractivity contribution is 5.85. The molecule has 2 aliphatic rings. The van der Waals surface area contributed by atoms with Gasteiger partial charge in [0.05, 0.1) is 6.61 Å². The molecule has 3 rings (SSSR count). The molecule has 0 saturated carbocycles. The van der Waals surface area contributed by atoms with Gasteiger partial charge in [0.2, 0.25) is 0 Å². The Morgan fingerprint density at radius 1 is 0.875 bits per heavy atom. The first kappa shape index (κ1) is 29.2. The first-order valence-electron chi connectivity index (χ1n) is 12.6. The van der Waals surface area contributed by atoms with Gasteiger partial charge in [-0.1, -0.05) is 39.5 Å². The number of unbranched alkanes of at least 4 members (excludes halogenated alkanes) is 4. The first-order valence-corrected chi connectivity index (χ1v) is 12.6. The van der Waals surface area contributed by atoms with Gasteiger partial charge < -0.3 is 19.6 Å². The summed E-state index contributed by atoms with van der Waals surface area (Å²) in [6, 6.07) is 6.29. The maximum absolute atomic E-state index is 12.8. The van der Waals surface area contributed by atoms with E-state index < -0.39 is 0 Å². The molecule has 186 valence electrons. The highest BCUT2D eigenvalue weighted by atomic mass is 35.5. The number of likely N-dealkylation sites (tertiary alicyclic amines) is 2. The highest BCUT2D eigenvalue weighted by Crippen LogP contribution is 2.19. The molecule has 1 aromatic rings. The summed E-state index contributed by atoms with van der Waals surface area (Å²) in [5, 5.41) is 8.93. The van der Waals surface area contributed by atoms with Crippen LogP contribution in [-0.4, -0.2) is 67.4 Å². The zero-order valence-corrected chi connectivity index (χ0v) is 21.1. The normalized spacial score (nSPS) is 21.1. The molecule has 2 saturated heterocycles. The monoisotopic (exact) mass is 472 g/mol. The van der Waals surface area contributed by atoms with Crippen LogP contribution in [0.3, 0.4) is 0 Å². The Labute approximate surface area is 201 Å². The fraction of sp³-hybridized carbons (Fsp3) is 0.769. The van der Waals surface area contributed by atoms with E-state index in [1.54, 1.807) is 12.1 Å². The van der Waals surface area contributed by atoms with Crippen molar-refractivity contribution in [1.29, 1.82) is 0 Å². The number of aliphatic hydroxyl groups is 1. The fourth-order valence-corrected chi connectivity index (χ4v) is 4.43. The number of halogens is 2. The molecule has 1 N–H and O–H groups in total. The Morgan fingerprint density at radius 3 is 1.91 bits per heavy atom. The van der Waals surface area contributed by atoms with E-state index in [1.807, 2.05) is 0 Å². The van der Waals surface area contributed by atoms with Crippen molar-refractivity contribution in [2.45, 2.75) is 65.2 Å². The standard InChI is InChI=1S/C16H24FNO.C10H21NO.ClH/c1-2-3-4-10-18-11-9-14(12-18)13-19-16-7-5-15(17)6-8-16;1-2-3-4-6-11-7-5-10(8-11)9-12;/h5-8,14H,2-4,9-13H2,1H3;10,12H,2-9H2,1H3;1H. The zero-order chi connectivity index (χ0) is 22.3. The lowest BCUT2D eigenvalue weighted by molar-refractivity contribution is 0.221. The average Bonchev–Trinajstić information content (AvgIpc) is 3.44. The SMILES string of the molecule is CCCCCN1CCC(CO)C1.CCCCCN1CCC(COc2ccc(F)cc2)C1.Cl. The van der Waals surface area contributed by atoms with Gasteiger partial charge in [-0.05, 0) is 82.0 Å². The quantitative estimate of drug-likeness (QED) is 0.400. The van der Waals surface area contributed by atoms with Crippen LogP contribution >= 0.6 is 12.4 Å². The van der Waals surface area contributed by atoms with E-state index in [1.165, 1.54) is 89.7 Å². The van der Waals surface area contributed by atoms with Crippen LogP contribution in [0.2, 0.25) is 0 Å². The molecule has 0 aromatic heterocycles. The van der Waals surface area contributed by atoms with Crippen LogP contribution < -0.4 is 4.74 Å². The van der Waals surface area contributed by atoms with Gasteiger partial charge in [-0.15, -0.1) is 12.4 Å². The Morgan fingerprint density at radius 2 is 1.41 bits per heavy atom. The molecule has 2 atom stereocenters. The average molecular weight is 473 g/mol. The van der Waals surface area contributed by atoms with Crippen LogP contribution in [-0.2, 0) is 0 Å². The van der Waals surface area contributed by atoms with Gasteiger partial charge in [0.15, 0.2) is 0 Å². The lowest BCUT2D eigenvalue weighted by atomic mass is 10.1. The van der Waals surface area contributed by atoms with Crippen LogP contribution in [0.15, 0.2) is 24.3 Å². The van der Waals surface area contributed by atoms with E-state index >= 15 is 0 Å². The van der Waals surface area contributed by atoms with Crippen LogP contribution in [0.25, 0.3) is 0 Å². The molecule has 0 bridgehead atoms. The number of benzene rings is 1. The summed E-state index contributed by atoms with van der Waals surface area (Å²) in [6.07, 6.45) is 10.3. The van der Waals surface area contributed by atoms with Gasteiger partial charge in [-0.3, -0.25) is 0 Å². The Bertz CT molecular complexity index is 575. The maximum Gasteiger partial charge on any atom is 0.123 e. The minimum atomic E-state index is -0.213. The highest BCUT2D eigenvalue weighted by Gasteiger charge is 2.22. The third kappa shape index (κ3) is 11.8. The van der Waals surface area contributed by atoms with Gasteiger partial charge in [0, 0.05) is 25.6 Å². The van der Waals surface area contributed by atoms with E-state index in [0.717, 1.165) is 25.4 Å². The molecule has 0 spiro atoms. The molecular formula is C26H46ClFN2O2. The van der Waals surface area contributed by atoms with E-state index in [-0.39, 0.29) is 18.2 Å². The lowest BCUT2D eigenvalue weighted by Gasteiger charge is -2.16. The van der Waals surface area contributed by atoms with E-state index in [4.69, 9.17) is 9.84 Å². The van der Waals surface area contributed by atoms with Gasteiger partial charge in [-0.25, -0.2) is 4.39 Å². The fourth-order valence-electron chi connectivity index (χ4n) is 4.43. The van der Waals surface area contributed by atoms with Gasteiger partial charge in [0.1, 0.15) is 11.6 Å². The van der Waals surface area contributed by atoms with Crippen molar-refractivity contribution in [3.05, 3.63) is 30.1 Å². The lowest BCUT2D eigenvalue weighted by Crippen LogP contribution is -2.23. The molecule has 2 aliphatic heterocycles. The number of hydrogen-bond donors (Lipinski definition) is 1. The van der Waals surface area contributed by atoms with Crippen molar-refractivity contribution >= 4 is 12.4 Å². The topological polar surface area (TPSA) is 35.9 Å². The summed E-state index contributed by atoms with van der Waals surface area (Å²) in [6.45, 7) is 12.7. The molecule has 2 fully saturated rings. The summed E-state index contributed by atoms with van der Waals surface area (Å²) in [4.78, 5) is 5.02.